The van der Waals surface area contributed by atoms with E-state index in [1.165, 1.54) is 7.11 Å². The average Bonchev–Trinajstić information content (AvgIpc) is 2.75. The van der Waals surface area contributed by atoms with E-state index in [0.29, 0.717) is 6.04 Å². The standard InChI is InChI=1S/C14H29N3O2/c1-6-11(15)12(14(2,3)4)17-8-7-10(9-17)16-13(18)19-5/h10-12H,6-9,15H2,1-5H3,(H,16,18). The fraction of sp³-hybridized carbons (Fsp3) is 0.929. The van der Waals surface area contributed by atoms with Gasteiger partial charge in [0.2, 0.25) is 0 Å². The zero-order chi connectivity index (χ0) is 14.6. The molecule has 0 bridgehead atoms. The third kappa shape index (κ3) is 4.35. The summed E-state index contributed by atoms with van der Waals surface area (Å²) in [6.07, 6.45) is 1.57. The third-order valence-corrected chi connectivity index (χ3v) is 3.88. The zero-order valence-electron chi connectivity index (χ0n) is 12.9. The van der Waals surface area contributed by atoms with Crippen molar-refractivity contribution in [2.24, 2.45) is 11.1 Å². The van der Waals surface area contributed by atoms with E-state index in [-0.39, 0.29) is 23.6 Å². The second-order valence-corrected chi connectivity index (χ2v) is 6.50. The van der Waals surface area contributed by atoms with Crippen LogP contribution in [0, 0.1) is 5.41 Å². The fourth-order valence-corrected chi connectivity index (χ4v) is 3.07. The second kappa shape index (κ2) is 6.57. The predicted octanol–water partition coefficient (Wildman–Crippen LogP) is 1.57. The summed E-state index contributed by atoms with van der Waals surface area (Å²) in [5, 5.41) is 2.88. The van der Waals surface area contributed by atoms with E-state index < -0.39 is 0 Å². The Morgan fingerprint density at radius 2 is 2.16 bits per heavy atom. The summed E-state index contributed by atoms with van der Waals surface area (Å²) >= 11 is 0. The molecule has 0 aromatic carbocycles. The van der Waals surface area contributed by atoms with E-state index >= 15 is 0 Å². The first-order chi connectivity index (χ1) is 8.79. The van der Waals surface area contributed by atoms with Crippen molar-refractivity contribution in [3.8, 4) is 0 Å². The highest BCUT2D eigenvalue weighted by atomic mass is 16.5. The van der Waals surface area contributed by atoms with Gasteiger partial charge in [0, 0.05) is 31.2 Å². The van der Waals surface area contributed by atoms with Gasteiger partial charge in [0.05, 0.1) is 7.11 Å². The maximum atomic E-state index is 11.3. The highest BCUT2D eigenvalue weighted by Crippen LogP contribution is 2.30. The van der Waals surface area contributed by atoms with Crippen LogP contribution in [0.2, 0.25) is 0 Å². The summed E-state index contributed by atoms with van der Waals surface area (Å²) in [4.78, 5) is 13.7. The Hall–Kier alpha value is -0.810. The summed E-state index contributed by atoms with van der Waals surface area (Å²) in [5.41, 5.74) is 6.44. The van der Waals surface area contributed by atoms with Crippen LogP contribution in [0.5, 0.6) is 0 Å². The molecule has 0 radical (unpaired) electrons. The van der Waals surface area contributed by atoms with Crippen molar-refractivity contribution in [2.75, 3.05) is 20.2 Å². The lowest BCUT2D eigenvalue weighted by Crippen LogP contribution is -2.54. The maximum absolute atomic E-state index is 11.3. The van der Waals surface area contributed by atoms with Crippen LogP contribution in [-0.2, 0) is 4.74 Å². The monoisotopic (exact) mass is 271 g/mol. The molecule has 1 fully saturated rings. The van der Waals surface area contributed by atoms with Gasteiger partial charge in [0.1, 0.15) is 0 Å². The van der Waals surface area contributed by atoms with Gasteiger partial charge in [0.25, 0.3) is 0 Å². The highest BCUT2D eigenvalue weighted by Gasteiger charge is 2.38. The molecule has 0 aromatic heterocycles. The van der Waals surface area contributed by atoms with E-state index in [0.717, 1.165) is 25.9 Å². The van der Waals surface area contributed by atoms with Crippen molar-refractivity contribution in [3.05, 3.63) is 0 Å². The second-order valence-electron chi connectivity index (χ2n) is 6.50. The smallest absolute Gasteiger partial charge is 0.407 e. The Balaban J connectivity index is 2.66. The van der Waals surface area contributed by atoms with Crippen LogP contribution >= 0.6 is 0 Å². The summed E-state index contributed by atoms with van der Waals surface area (Å²) in [7, 11) is 1.40. The Morgan fingerprint density at radius 1 is 1.53 bits per heavy atom. The topological polar surface area (TPSA) is 67.6 Å². The normalized spacial score (nSPS) is 24.0. The molecule has 0 aliphatic carbocycles. The SMILES string of the molecule is CCC(N)C(N1CCC(NC(=O)OC)C1)C(C)(C)C. The minimum Gasteiger partial charge on any atom is -0.453 e. The first-order valence-electron chi connectivity index (χ1n) is 7.13. The summed E-state index contributed by atoms with van der Waals surface area (Å²) in [6.45, 7) is 10.6. The highest BCUT2D eigenvalue weighted by molar-refractivity contribution is 5.67. The maximum Gasteiger partial charge on any atom is 0.407 e. The number of hydrogen-bond acceptors (Lipinski definition) is 4. The van der Waals surface area contributed by atoms with Crippen molar-refractivity contribution < 1.29 is 9.53 Å². The zero-order valence-corrected chi connectivity index (χ0v) is 12.9. The molecule has 0 aromatic rings. The van der Waals surface area contributed by atoms with E-state index in [2.05, 4.69) is 42.6 Å². The Bertz CT molecular complexity index is 302. The van der Waals surface area contributed by atoms with Crippen molar-refractivity contribution in [2.45, 2.75) is 58.7 Å². The van der Waals surface area contributed by atoms with Crippen molar-refractivity contribution in [3.63, 3.8) is 0 Å². The molecule has 0 saturated carbocycles. The minimum absolute atomic E-state index is 0.135. The van der Waals surface area contributed by atoms with Crippen LogP contribution in [0.25, 0.3) is 0 Å². The van der Waals surface area contributed by atoms with E-state index in [1.807, 2.05) is 0 Å². The molecule has 0 spiro atoms. The molecule has 1 aliphatic rings. The summed E-state index contributed by atoms with van der Waals surface area (Å²) in [6, 6.07) is 0.667. The lowest BCUT2D eigenvalue weighted by atomic mass is 9.80. The number of likely N-dealkylation sites (tertiary alicyclic amines) is 1. The van der Waals surface area contributed by atoms with Crippen molar-refractivity contribution >= 4 is 6.09 Å². The summed E-state index contributed by atoms with van der Waals surface area (Å²) < 4.78 is 4.65. The van der Waals surface area contributed by atoms with Gasteiger partial charge >= 0.3 is 6.09 Å². The Labute approximate surface area is 116 Å². The fourth-order valence-electron chi connectivity index (χ4n) is 3.07. The van der Waals surface area contributed by atoms with Gasteiger partial charge in [0.15, 0.2) is 0 Å². The van der Waals surface area contributed by atoms with E-state index in [9.17, 15) is 4.79 Å². The molecular weight excluding hydrogens is 242 g/mol. The number of amides is 1. The molecule has 1 rings (SSSR count). The molecular formula is C14H29N3O2. The van der Waals surface area contributed by atoms with Crippen molar-refractivity contribution in [1.82, 2.24) is 10.2 Å². The van der Waals surface area contributed by atoms with Gasteiger partial charge in [-0.3, -0.25) is 4.90 Å². The molecule has 1 saturated heterocycles. The number of carbonyl (C=O) groups is 1. The minimum atomic E-state index is -0.348. The Kier molecular flexibility index (Phi) is 5.62. The number of nitrogens with two attached hydrogens (primary N) is 1. The van der Waals surface area contributed by atoms with Gasteiger partial charge in [-0.15, -0.1) is 0 Å². The molecule has 5 heteroatoms. The molecule has 1 amide bonds. The van der Waals surface area contributed by atoms with Gasteiger partial charge in [-0.25, -0.2) is 4.79 Å². The molecule has 112 valence electrons. The van der Waals surface area contributed by atoms with E-state index in [1.54, 1.807) is 0 Å². The van der Waals surface area contributed by atoms with Gasteiger partial charge < -0.3 is 15.8 Å². The van der Waals surface area contributed by atoms with Crippen LogP contribution in [-0.4, -0.2) is 49.3 Å². The number of ether oxygens (including phenoxy) is 1. The number of nitrogens with zero attached hydrogens (tertiary/aromatic N) is 1. The summed E-state index contributed by atoms with van der Waals surface area (Å²) in [5.74, 6) is 0. The molecule has 3 unspecified atom stereocenters. The van der Waals surface area contributed by atoms with Crippen LogP contribution in [0.15, 0.2) is 0 Å². The quantitative estimate of drug-likeness (QED) is 0.814. The number of carbonyl (C=O) groups excluding carboxylic acids is 1. The lowest BCUT2D eigenvalue weighted by molar-refractivity contribution is 0.0957. The predicted molar refractivity (Wildman–Crippen MR) is 77.0 cm³/mol. The Morgan fingerprint density at radius 3 is 2.63 bits per heavy atom. The molecule has 1 aliphatic heterocycles. The van der Waals surface area contributed by atoms with Crippen LogP contribution < -0.4 is 11.1 Å². The lowest BCUT2D eigenvalue weighted by Gasteiger charge is -2.41. The molecule has 1 heterocycles. The average molecular weight is 271 g/mol. The van der Waals surface area contributed by atoms with Crippen molar-refractivity contribution in [1.29, 1.82) is 0 Å². The number of alkyl carbamates (subject to hydrolysis) is 1. The number of hydrogen-bond donors (Lipinski definition) is 2. The van der Waals surface area contributed by atoms with Crippen LogP contribution in [0.4, 0.5) is 4.79 Å². The first kappa shape index (κ1) is 16.2. The van der Waals surface area contributed by atoms with Gasteiger partial charge in [-0.05, 0) is 18.3 Å². The van der Waals surface area contributed by atoms with E-state index in [4.69, 9.17) is 5.73 Å². The number of nitrogens with one attached hydrogen (secondary N) is 1. The largest absolute Gasteiger partial charge is 0.453 e. The van der Waals surface area contributed by atoms with Gasteiger partial charge in [-0.2, -0.15) is 0 Å². The first-order valence-corrected chi connectivity index (χ1v) is 7.13. The van der Waals surface area contributed by atoms with Crippen LogP contribution in [0.1, 0.15) is 40.5 Å². The number of methoxy groups -OCH3 is 1. The molecule has 3 atom stereocenters. The molecule has 19 heavy (non-hydrogen) atoms. The molecule has 3 N–H and O–H groups in total. The molecule has 5 nitrogen and oxygen atoms in total. The van der Waals surface area contributed by atoms with Crippen LogP contribution in [0.3, 0.4) is 0 Å². The number of rotatable bonds is 4. The third-order valence-electron chi connectivity index (χ3n) is 3.88. The van der Waals surface area contributed by atoms with Gasteiger partial charge in [-0.1, -0.05) is 27.7 Å².